The Bertz CT molecular complexity index is 641. The van der Waals surface area contributed by atoms with E-state index in [2.05, 4.69) is 5.32 Å². The van der Waals surface area contributed by atoms with Crippen LogP contribution in [0.1, 0.15) is 15.9 Å². The van der Waals surface area contributed by atoms with Gasteiger partial charge in [-0.2, -0.15) is 0 Å². The third kappa shape index (κ3) is 3.17. The van der Waals surface area contributed by atoms with Crippen LogP contribution < -0.4 is 11.1 Å². The molecule has 4 nitrogen and oxygen atoms in total. The van der Waals surface area contributed by atoms with Gasteiger partial charge in [0.2, 0.25) is 0 Å². The van der Waals surface area contributed by atoms with Crippen LogP contribution in [-0.2, 0) is 0 Å². The molecule has 0 atom stereocenters. The summed E-state index contributed by atoms with van der Waals surface area (Å²) in [5.41, 5.74) is 8.32. The molecule has 2 rings (SSSR count). The number of hydrogen-bond donors (Lipinski definition) is 3. The zero-order valence-electron chi connectivity index (χ0n) is 10.3. The molecule has 0 aliphatic rings. The number of nitrogens with two attached hydrogens (primary N) is 1. The van der Waals surface area contributed by atoms with Crippen LogP contribution >= 0.6 is 22.6 Å². The molecule has 98 valence electrons. The molecule has 19 heavy (non-hydrogen) atoms. The minimum atomic E-state index is -0.264. The summed E-state index contributed by atoms with van der Waals surface area (Å²) < 4.78 is 0.706. The molecule has 0 spiro atoms. The summed E-state index contributed by atoms with van der Waals surface area (Å²) in [4.78, 5) is 12.1. The number of aryl methyl sites for hydroxylation is 1. The number of phenols is 1. The monoisotopic (exact) mass is 368 g/mol. The van der Waals surface area contributed by atoms with E-state index in [1.807, 2.05) is 29.5 Å². The van der Waals surface area contributed by atoms with Gasteiger partial charge in [-0.25, -0.2) is 0 Å². The summed E-state index contributed by atoms with van der Waals surface area (Å²) >= 11 is 2.00. The average Bonchev–Trinajstić information content (AvgIpc) is 2.36. The van der Waals surface area contributed by atoms with Crippen molar-refractivity contribution in [2.45, 2.75) is 6.92 Å². The Labute approximate surface area is 124 Å². The Morgan fingerprint density at radius 1 is 1.26 bits per heavy atom. The van der Waals surface area contributed by atoms with Gasteiger partial charge in [-0.15, -0.1) is 0 Å². The molecule has 0 heterocycles. The van der Waals surface area contributed by atoms with Crippen LogP contribution in [0.3, 0.4) is 0 Å². The first-order valence-corrected chi connectivity index (χ1v) is 6.71. The molecule has 0 bridgehead atoms. The van der Waals surface area contributed by atoms with Gasteiger partial charge in [0.05, 0.1) is 3.57 Å². The Hall–Kier alpha value is -1.76. The minimum Gasteiger partial charge on any atom is -0.507 e. The van der Waals surface area contributed by atoms with Crippen LogP contribution in [0.2, 0.25) is 0 Å². The summed E-state index contributed by atoms with van der Waals surface area (Å²) in [7, 11) is 0. The molecule has 4 N–H and O–H groups in total. The lowest BCUT2D eigenvalue weighted by Gasteiger charge is -2.09. The van der Waals surface area contributed by atoms with Gasteiger partial charge in [0.1, 0.15) is 5.75 Å². The fraction of sp³-hybridized carbons (Fsp3) is 0.0714. The molecule has 5 heteroatoms. The van der Waals surface area contributed by atoms with Gasteiger partial charge in [0.15, 0.2) is 0 Å². The van der Waals surface area contributed by atoms with Crippen molar-refractivity contribution in [1.82, 2.24) is 0 Å². The lowest BCUT2D eigenvalue weighted by atomic mass is 10.1. The summed E-state index contributed by atoms with van der Waals surface area (Å²) in [6.07, 6.45) is 0. The van der Waals surface area contributed by atoms with Crippen LogP contribution in [0.4, 0.5) is 11.4 Å². The van der Waals surface area contributed by atoms with Crippen molar-refractivity contribution in [3.05, 3.63) is 51.1 Å². The molecular formula is C14H13IN2O2. The first kappa shape index (κ1) is 13.7. The third-order valence-corrected chi connectivity index (χ3v) is 3.62. The van der Waals surface area contributed by atoms with E-state index in [0.717, 1.165) is 5.56 Å². The van der Waals surface area contributed by atoms with Crippen molar-refractivity contribution in [2.24, 2.45) is 0 Å². The lowest BCUT2D eigenvalue weighted by molar-refractivity contribution is 0.102. The molecule has 0 aromatic heterocycles. The Kier molecular flexibility index (Phi) is 3.94. The number of nitrogen functional groups attached to an aromatic ring is 1. The molecule has 0 aliphatic carbocycles. The van der Waals surface area contributed by atoms with E-state index >= 15 is 0 Å². The number of carbonyl (C=O) groups is 1. The van der Waals surface area contributed by atoms with Gasteiger partial charge < -0.3 is 16.2 Å². The topological polar surface area (TPSA) is 75.3 Å². The molecule has 0 unspecified atom stereocenters. The first-order chi connectivity index (χ1) is 8.97. The summed E-state index contributed by atoms with van der Waals surface area (Å²) in [6, 6.07) is 10.1. The van der Waals surface area contributed by atoms with Gasteiger partial charge in [-0.1, -0.05) is 0 Å². The van der Waals surface area contributed by atoms with E-state index in [0.29, 0.717) is 20.5 Å². The highest BCUT2D eigenvalue weighted by Crippen LogP contribution is 2.22. The maximum absolute atomic E-state index is 12.1. The average molecular weight is 368 g/mol. The van der Waals surface area contributed by atoms with E-state index in [9.17, 15) is 9.90 Å². The normalized spacial score (nSPS) is 10.2. The van der Waals surface area contributed by atoms with Gasteiger partial charge >= 0.3 is 0 Å². The van der Waals surface area contributed by atoms with Crippen LogP contribution in [0, 0.1) is 10.5 Å². The fourth-order valence-corrected chi connectivity index (χ4v) is 2.01. The first-order valence-electron chi connectivity index (χ1n) is 5.63. The summed E-state index contributed by atoms with van der Waals surface area (Å²) in [5.74, 6) is -0.165. The van der Waals surface area contributed by atoms with E-state index in [1.54, 1.807) is 30.3 Å². The van der Waals surface area contributed by atoms with Crippen LogP contribution in [-0.4, -0.2) is 11.0 Å². The van der Waals surface area contributed by atoms with Crippen LogP contribution in [0.5, 0.6) is 5.75 Å². The standard InChI is InChI=1S/C14H13IN2O2/c1-8-6-10(16)3-5-12(8)17-14(19)9-2-4-11(15)13(18)7-9/h2-7,18H,16H2,1H3,(H,17,19). The number of halogens is 1. The number of aromatic hydroxyl groups is 1. The Morgan fingerprint density at radius 2 is 2.00 bits per heavy atom. The number of amides is 1. The second-order valence-electron chi connectivity index (χ2n) is 4.19. The highest BCUT2D eigenvalue weighted by molar-refractivity contribution is 14.1. The molecular weight excluding hydrogens is 355 g/mol. The highest BCUT2D eigenvalue weighted by atomic mass is 127. The molecule has 2 aromatic rings. The van der Waals surface area contributed by atoms with Gasteiger partial charge in [0.25, 0.3) is 5.91 Å². The van der Waals surface area contributed by atoms with Crippen molar-refractivity contribution >= 4 is 39.9 Å². The van der Waals surface area contributed by atoms with E-state index in [-0.39, 0.29) is 11.7 Å². The van der Waals surface area contributed by atoms with Gasteiger partial charge in [-0.3, -0.25) is 4.79 Å². The maximum atomic E-state index is 12.1. The minimum absolute atomic E-state index is 0.0993. The fourth-order valence-electron chi connectivity index (χ4n) is 1.68. The van der Waals surface area contributed by atoms with E-state index in [1.165, 1.54) is 6.07 Å². The number of carbonyl (C=O) groups excluding carboxylic acids is 1. The van der Waals surface area contributed by atoms with Gasteiger partial charge in [-0.05, 0) is 71.5 Å². The van der Waals surface area contributed by atoms with E-state index < -0.39 is 0 Å². The molecule has 0 saturated heterocycles. The van der Waals surface area contributed by atoms with Crippen molar-refractivity contribution in [3.63, 3.8) is 0 Å². The SMILES string of the molecule is Cc1cc(N)ccc1NC(=O)c1ccc(I)c(O)c1. The Morgan fingerprint density at radius 3 is 2.63 bits per heavy atom. The van der Waals surface area contributed by atoms with Crippen molar-refractivity contribution in [2.75, 3.05) is 11.1 Å². The maximum Gasteiger partial charge on any atom is 0.255 e. The second kappa shape index (κ2) is 5.48. The second-order valence-corrected chi connectivity index (χ2v) is 5.36. The quantitative estimate of drug-likeness (QED) is 0.563. The largest absolute Gasteiger partial charge is 0.507 e. The zero-order valence-corrected chi connectivity index (χ0v) is 12.4. The Balaban J connectivity index is 2.23. The zero-order chi connectivity index (χ0) is 14.0. The molecule has 0 radical (unpaired) electrons. The molecule has 0 fully saturated rings. The highest BCUT2D eigenvalue weighted by Gasteiger charge is 2.09. The van der Waals surface area contributed by atoms with E-state index in [4.69, 9.17) is 5.73 Å². The van der Waals surface area contributed by atoms with Crippen LogP contribution in [0.15, 0.2) is 36.4 Å². The molecule has 0 aliphatic heterocycles. The number of phenolic OH excluding ortho intramolecular Hbond substituents is 1. The predicted molar refractivity (Wildman–Crippen MR) is 84.4 cm³/mol. The number of benzene rings is 2. The number of rotatable bonds is 2. The third-order valence-electron chi connectivity index (χ3n) is 2.71. The number of nitrogens with one attached hydrogen (secondary N) is 1. The van der Waals surface area contributed by atoms with Crippen molar-refractivity contribution in [3.8, 4) is 5.75 Å². The van der Waals surface area contributed by atoms with Crippen LogP contribution in [0.25, 0.3) is 0 Å². The predicted octanol–water partition coefficient (Wildman–Crippen LogP) is 3.14. The lowest BCUT2D eigenvalue weighted by Crippen LogP contribution is -2.12. The smallest absolute Gasteiger partial charge is 0.255 e. The van der Waals surface area contributed by atoms with Crippen molar-refractivity contribution < 1.29 is 9.90 Å². The molecule has 0 saturated carbocycles. The number of anilines is 2. The summed E-state index contributed by atoms with van der Waals surface area (Å²) in [5, 5.41) is 12.4. The van der Waals surface area contributed by atoms with Gasteiger partial charge in [0, 0.05) is 16.9 Å². The van der Waals surface area contributed by atoms with Crippen molar-refractivity contribution in [1.29, 1.82) is 0 Å². The molecule has 2 aromatic carbocycles. The number of hydrogen-bond acceptors (Lipinski definition) is 3. The summed E-state index contributed by atoms with van der Waals surface area (Å²) in [6.45, 7) is 1.87. The molecule has 1 amide bonds.